The first-order chi connectivity index (χ1) is 11.7. The van der Waals surface area contributed by atoms with E-state index >= 15 is 0 Å². The molecule has 0 N–H and O–H groups in total. The number of methoxy groups -OCH3 is 1. The number of likely N-dealkylation sites (N-methyl/N-ethyl adjacent to an activating group) is 1. The summed E-state index contributed by atoms with van der Waals surface area (Å²) >= 11 is 0. The van der Waals surface area contributed by atoms with Gasteiger partial charge in [0.2, 0.25) is 0 Å². The van der Waals surface area contributed by atoms with Gasteiger partial charge in [0, 0.05) is 12.7 Å². The van der Waals surface area contributed by atoms with E-state index in [2.05, 4.69) is 54.3 Å². The minimum absolute atomic E-state index is 0.0157. The average Bonchev–Trinajstić information content (AvgIpc) is 3.16. The van der Waals surface area contributed by atoms with Gasteiger partial charge in [0.05, 0.1) is 25.0 Å². The van der Waals surface area contributed by atoms with E-state index in [0.29, 0.717) is 0 Å². The minimum Gasteiger partial charge on any atom is -0.497 e. The first-order valence-electron chi connectivity index (χ1n) is 8.26. The zero-order chi connectivity index (χ0) is 16.7. The van der Waals surface area contributed by atoms with E-state index in [9.17, 15) is 0 Å². The zero-order valence-corrected chi connectivity index (χ0v) is 14.0. The molecule has 0 amide bonds. The molecule has 0 spiro atoms. The molecule has 0 radical (unpaired) electrons. The van der Waals surface area contributed by atoms with Gasteiger partial charge < -0.3 is 14.4 Å². The first kappa shape index (κ1) is 15.1. The molecule has 0 bridgehead atoms. The van der Waals surface area contributed by atoms with Crippen LogP contribution in [0.5, 0.6) is 5.75 Å². The summed E-state index contributed by atoms with van der Waals surface area (Å²) in [5.41, 5.74) is 3.46. The van der Waals surface area contributed by atoms with Gasteiger partial charge in [0.1, 0.15) is 12.0 Å². The third-order valence-electron chi connectivity index (χ3n) is 5.50. The summed E-state index contributed by atoms with van der Waals surface area (Å²) in [5, 5.41) is 0. The van der Waals surface area contributed by atoms with E-state index < -0.39 is 0 Å². The van der Waals surface area contributed by atoms with Crippen LogP contribution < -0.4 is 9.64 Å². The van der Waals surface area contributed by atoms with E-state index in [1.54, 1.807) is 7.11 Å². The van der Waals surface area contributed by atoms with Crippen LogP contribution in [-0.4, -0.2) is 27.0 Å². The van der Waals surface area contributed by atoms with Gasteiger partial charge in [-0.15, -0.1) is 6.42 Å². The van der Waals surface area contributed by atoms with Crippen LogP contribution >= 0.6 is 0 Å². The molecule has 2 aliphatic rings. The highest BCUT2D eigenvalue weighted by Gasteiger charge is 2.58. The van der Waals surface area contributed by atoms with Crippen LogP contribution in [0.25, 0.3) is 0 Å². The minimum atomic E-state index is -0.200. The monoisotopic (exact) mass is 319 g/mol. The first-order valence-corrected chi connectivity index (χ1v) is 8.26. The highest BCUT2D eigenvalue weighted by Crippen LogP contribution is 2.57. The number of hydrogen-bond acceptors (Lipinski definition) is 3. The second kappa shape index (κ2) is 5.58. The number of anilines is 1. The summed E-state index contributed by atoms with van der Waals surface area (Å²) in [5.74, 6) is 3.88. The number of ether oxygens (including phenoxy) is 2. The van der Waals surface area contributed by atoms with Crippen molar-refractivity contribution in [2.75, 3.05) is 25.7 Å². The van der Waals surface area contributed by atoms with Crippen molar-refractivity contribution in [2.45, 2.75) is 24.0 Å². The van der Waals surface area contributed by atoms with E-state index in [0.717, 1.165) is 24.3 Å². The molecule has 1 fully saturated rings. The number of hydrogen-bond donors (Lipinski definition) is 0. The molecule has 0 aromatic heterocycles. The summed E-state index contributed by atoms with van der Waals surface area (Å²) in [6, 6.07) is 16.6. The molecule has 0 saturated carbocycles. The standard InChI is InChI=1S/C21H21NO2/c1-4-17(15-9-11-16(23-3)12-10-15)21-13-14-24-20(21)22(2)19-8-6-5-7-18(19)21/h1,5-12,17,20H,13-14H2,2-3H3/t17?,20-,21+/m0/s1. The fourth-order valence-corrected chi connectivity index (χ4v) is 4.42. The Kier molecular flexibility index (Phi) is 3.51. The van der Waals surface area contributed by atoms with Gasteiger partial charge in [-0.2, -0.15) is 0 Å². The molecule has 1 saturated heterocycles. The van der Waals surface area contributed by atoms with Crippen molar-refractivity contribution < 1.29 is 9.47 Å². The summed E-state index contributed by atoms with van der Waals surface area (Å²) in [6.07, 6.45) is 6.97. The van der Waals surface area contributed by atoms with Gasteiger partial charge in [-0.25, -0.2) is 0 Å². The summed E-state index contributed by atoms with van der Waals surface area (Å²) in [6.45, 7) is 0.734. The summed E-state index contributed by atoms with van der Waals surface area (Å²) < 4.78 is 11.4. The fourth-order valence-electron chi connectivity index (χ4n) is 4.42. The van der Waals surface area contributed by atoms with Crippen molar-refractivity contribution in [3.63, 3.8) is 0 Å². The Morgan fingerprint density at radius 3 is 2.71 bits per heavy atom. The Labute approximate surface area is 143 Å². The molecule has 0 aliphatic carbocycles. The normalized spacial score (nSPS) is 25.7. The molecule has 2 aliphatic heterocycles. The Bertz CT molecular complexity index is 792. The molecular weight excluding hydrogens is 298 g/mol. The van der Waals surface area contributed by atoms with Crippen molar-refractivity contribution >= 4 is 5.69 Å². The van der Waals surface area contributed by atoms with Gasteiger partial charge in [0.15, 0.2) is 0 Å². The van der Waals surface area contributed by atoms with Crippen molar-refractivity contribution in [3.8, 4) is 18.1 Å². The number of terminal acetylenes is 1. The summed E-state index contributed by atoms with van der Waals surface area (Å²) in [4.78, 5) is 2.23. The van der Waals surface area contributed by atoms with E-state index in [-0.39, 0.29) is 17.6 Å². The molecule has 2 aromatic carbocycles. The molecule has 24 heavy (non-hydrogen) atoms. The predicted molar refractivity (Wildman–Crippen MR) is 95.4 cm³/mol. The predicted octanol–water partition coefficient (Wildman–Crippen LogP) is 3.55. The lowest BCUT2D eigenvalue weighted by Gasteiger charge is -2.35. The number of benzene rings is 2. The SMILES string of the molecule is C#CC(c1ccc(OC)cc1)[C@@]12CCO[C@@H]1N(C)c1ccccc12. The Morgan fingerprint density at radius 1 is 1.25 bits per heavy atom. The topological polar surface area (TPSA) is 21.7 Å². The van der Waals surface area contributed by atoms with E-state index in [1.807, 2.05) is 12.1 Å². The number of rotatable bonds is 3. The Balaban J connectivity index is 1.86. The van der Waals surface area contributed by atoms with Gasteiger partial charge in [0.25, 0.3) is 0 Å². The molecule has 4 rings (SSSR count). The van der Waals surface area contributed by atoms with Crippen molar-refractivity contribution in [2.24, 2.45) is 0 Å². The Hall–Kier alpha value is -2.44. The van der Waals surface area contributed by atoms with Crippen LogP contribution in [-0.2, 0) is 10.2 Å². The highest BCUT2D eigenvalue weighted by atomic mass is 16.5. The number of nitrogens with zero attached hydrogens (tertiary/aromatic N) is 1. The van der Waals surface area contributed by atoms with Crippen LogP contribution in [0.1, 0.15) is 23.5 Å². The van der Waals surface area contributed by atoms with Crippen LogP contribution in [0.15, 0.2) is 48.5 Å². The largest absolute Gasteiger partial charge is 0.497 e. The third-order valence-corrected chi connectivity index (χ3v) is 5.50. The lowest BCUT2D eigenvalue weighted by atomic mass is 9.67. The highest BCUT2D eigenvalue weighted by molar-refractivity contribution is 5.66. The van der Waals surface area contributed by atoms with Crippen molar-refractivity contribution in [1.29, 1.82) is 0 Å². The quantitative estimate of drug-likeness (QED) is 0.808. The lowest BCUT2D eigenvalue weighted by Crippen LogP contribution is -2.43. The fraction of sp³-hybridized carbons (Fsp3) is 0.333. The Morgan fingerprint density at radius 2 is 2.00 bits per heavy atom. The van der Waals surface area contributed by atoms with Crippen LogP contribution in [0, 0.1) is 12.3 Å². The van der Waals surface area contributed by atoms with Gasteiger partial charge in [-0.1, -0.05) is 36.3 Å². The van der Waals surface area contributed by atoms with Crippen molar-refractivity contribution in [3.05, 3.63) is 59.7 Å². The molecular formula is C21H21NO2. The molecule has 122 valence electrons. The molecule has 2 aromatic rings. The lowest BCUT2D eigenvalue weighted by molar-refractivity contribution is 0.0844. The maximum atomic E-state index is 6.13. The number of para-hydroxylation sites is 1. The second-order valence-corrected chi connectivity index (χ2v) is 6.51. The third kappa shape index (κ3) is 1.90. The van der Waals surface area contributed by atoms with Crippen LogP contribution in [0.2, 0.25) is 0 Å². The van der Waals surface area contributed by atoms with Gasteiger partial charge >= 0.3 is 0 Å². The molecule has 3 atom stereocenters. The van der Waals surface area contributed by atoms with E-state index in [4.69, 9.17) is 15.9 Å². The van der Waals surface area contributed by atoms with Crippen molar-refractivity contribution in [1.82, 2.24) is 0 Å². The molecule has 1 unspecified atom stereocenters. The zero-order valence-electron chi connectivity index (χ0n) is 14.0. The van der Waals surface area contributed by atoms with Crippen LogP contribution in [0.4, 0.5) is 5.69 Å². The summed E-state index contributed by atoms with van der Waals surface area (Å²) in [7, 11) is 3.77. The smallest absolute Gasteiger partial charge is 0.141 e. The number of fused-ring (bicyclic) bond motifs is 3. The van der Waals surface area contributed by atoms with Crippen LogP contribution in [0.3, 0.4) is 0 Å². The maximum absolute atomic E-state index is 6.13. The molecule has 2 heterocycles. The van der Waals surface area contributed by atoms with Gasteiger partial charge in [-0.3, -0.25) is 0 Å². The molecule has 3 heteroatoms. The average molecular weight is 319 g/mol. The van der Waals surface area contributed by atoms with Gasteiger partial charge in [-0.05, 0) is 35.7 Å². The molecule has 3 nitrogen and oxygen atoms in total. The van der Waals surface area contributed by atoms with E-state index in [1.165, 1.54) is 11.3 Å². The maximum Gasteiger partial charge on any atom is 0.141 e. The second-order valence-electron chi connectivity index (χ2n) is 6.51.